The first kappa shape index (κ1) is 11.7. The van der Waals surface area contributed by atoms with Crippen molar-refractivity contribution in [3.63, 3.8) is 0 Å². The molecule has 1 saturated heterocycles. The van der Waals surface area contributed by atoms with Crippen molar-refractivity contribution < 1.29 is 18.7 Å². The van der Waals surface area contributed by atoms with Crippen LogP contribution in [-0.4, -0.2) is 37.4 Å². The van der Waals surface area contributed by atoms with Gasteiger partial charge in [0.1, 0.15) is 6.26 Å². The van der Waals surface area contributed by atoms with E-state index in [0.29, 0.717) is 18.8 Å². The van der Waals surface area contributed by atoms with Crippen LogP contribution in [-0.2, 0) is 9.47 Å². The van der Waals surface area contributed by atoms with Crippen LogP contribution in [0.3, 0.4) is 0 Å². The molecule has 1 saturated carbocycles. The molecule has 0 spiro atoms. The highest BCUT2D eigenvalue weighted by molar-refractivity contribution is 5.93. The fourth-order valence-electron chi connectivity index (χ4n) is 2.66. The van der Waals surface area contributed by atoms with Gasteiger partial charge < -0.3 is 19.2 Å². The molecule has 0 radical (unpaired) electrons. The molecule has 5 nitrogen and oxygen atoms in total. The zero-order chi connectivity index (χ0) is 12.4. The van der Waals surface area contributed by atoms with Crippen molar-refractivity contribution >= 4 is 5.91 Å². The number of carbonyl (C=O) groups excluding carboxylic acids is 1. The molecular weight excluding hydrogens is 234 g/mol. The third kappa shape index (κ3) is 2.42. The fourth-order valence-corrected chi connectivity index (χ4v) is 2.66. The molecule has 1 aliphatic heterocycles. The van der Waals surface area contributed by atoms with Gasteiger partial charge in [0, 0.05) is 6.04 Å². The van der Waals surface area contributed by atoms with Crippen LogP contribution in [0.5, 0.6) is 0 Å². The molecule has 98 valence electrons. The first-order valence-electron chi connectivity index (χ1n) is 6.39. The van der Waals surface area contributed by atoms with E-state index in [1.54, 1.807) is 6.07 Å². The maximum absolute atomic E-state index is 11.9. The lowest BCUT2D eigenvalue weighted by Gasteiger charge is -2.39. The number of amides is 1. The van der Waals surface area contributed by atoms with Crippen LogP contribution in [0.15, 0.2) is 23.0 Å². The highest BCUT2D eigenvalue weighted by atomic mass is 16.6. The number of ether oxygens (including phenoxy) is 2. The molecule has 0 aromatic carbocycles. The van der Waals surface area contributed by atoms with E-state index in [2.05, 4.69) is 5.32 Å². The standard InChI is InChI=1S/C13H17NO4/c15-13(9-3-4-16-8-9)14-10-1-2-11-12(7-10)18-6-5-17-11/h3-4,8,10-12H,1-2,5-7H2,(H,14,15)/t10-,11+,12-/m1/s1. The van der Waals surface area contributed by atoms with E-state index in [1.165, 1.54) is 12.5 Å². The predicted molar refractivity (Wildman–Crippen MR) is 63.3 cm³/mol. The maximum atomic E-state index is 11.9. The summed E-state index contributed by atoms with van der Waals surface area (Å²) in [6.45, 7) is 1.34. The Labute approximate surface area is 105 Å². The quantitative estimate of drug-likeness (QED) is 0.861. The molecule has 2 aliphatic rings. The zero-order valence-electron chi connectivity index (χ0n) is 10.1. The largest absolute Gasteiger partial charge is 0.472 e. The molecule has 18 heavy (non-hydrogen) atoms. The lowest BCUT2D eigenvalue weighted by molar-refractivity contribution is -0.157. The monoisotopic (exact) mass is 251 g/mol. The number of nitrogens with one attached hydrogen (secondary N) is 1. The van der Waals surface area contributed by atoms with E-state index >= 15 is 0 Å². The molecule has 2 heterocycles. The molecule has 5 heteroatoms. The van der Waals surface area contributed by atoms with E-state index in [-0.39, 0.29) is 24.2 Å². The van der Waals surface area contributed by atoms with Gasteiger partial charge in [-0.25, -0.2) is 0 Å². The summed E-state index contributed by atoms with van der Waals surface area (Å²) in [6.07, 6.45) is 6.01. The average molecular weight is 251 g/mol. The van der Waals surface area contributed by atoms with E-state index < -0.39 is 0 Å². The molecule has 1 amide bonds. The van der Waals surface area contributed by atoms with Crippen LogP contribution < -0.4 is 5.32 Å². The molecule has 1 N–H and O–H groups in total. The van der Waals surface area contributed by atoms with Crippen LogP contribution >= 0.6 is 0 Å². The lowest BCUT2D eigenvalue weighted by Crippen LogP contribution is -2.49. The number of carbonyl (C=O) groups is 1. The summed E-state index contributed by atoms with van der Waals surface area (Å²) in [7, 11) is 0. The maximum Gasteiger partial charge on any atom is 0.254 e. The molecule has 1 aliphatic carbocycles. The fraction of sp³-hybridized carbons (Fsp3) is 0.615. The summed E-state index contributed by atoms with van der Waals surface area (Å²) in [5, 5.41) is 3.02. The minimum absolute atomic E-state index is 0.0797. The van der Waals surface area contributed by atoms with Gasteiger partial charge in [-0.2, -0.15) is 0 Å². The van der Waals surface area contributed by atoms with Crippen molar-refractivity contribution in [1.29, 1.82) is 0 Å². The SMILES string of the molecule is O=C(N[C@@H]1CC[C@@H]2OCCO[C@@H]2C1)c1ccoc1. The van der Waals surface area contributed by atoms with Gasteiger partial charge in [0.2, 0.25) is 0 Å². The van der Waals surface area contributed by atoms with E-state index in [1.807, 2.05) is 0 Å². The molecule has 1 aromatic rings. The zero-order valence-corrected chi connectivity index (χ0v) is 10.1. The van der Waals surface area contributed by atoms with Crippen molar-refractivity contribution in [3.8, 4) is 0 Å². The summed E-state index contributed by atoms with van der Waals surface area (Å²) < 4.78 is 16.2. The Morgan fingerprint density at radius 1 is 1.22 bits per heavy atom. The van der Waals surface area contributed by atoms with Gasteiger partial charge in [-0.15, -0.1) is 0 Å². The lowest BCUT2D eigenvalue weighted by atomic mass is 9.89. The van der Waals surface area contributed by atoms with Crippen molar-refractivity contribution in [3.05, 3.63) is 24.2 Å². The van der Waals surface area contributed by atoms with Gasteiger partial charge in [-0.05, 0) is 25.3 Å². The van der Waals surface area contributed by atoms with Crippen molar-refractivity contribution in [2.45, 2.75) is 37.5 Å². The Morgan fingerprint density at radius 3 is 2.83 bits per heavy atom. The number of furan rings is 1. The molecule has 0 bridgehead atoms. The first-order chi connectivity index (χ1) is 8.83. The Hall–Kier alpha value is -1.33. The Bertz CT molecular complexity index is 403. The van der Waals surface area contributed by atoms with Crippen LogP contribution in [0, 0.1) is 0 Å². The van der Waals surface area contributed by atoms with Crippen molar-refractivity contribution in [2.24, 2.45) is 0 Å². The molecule has 3 atom stereocenters. The van der Waals surface area contributed by atoms with Gasteiger partial charge >= 0.3 is 0 Å². The van der Waals surface area contributed by atoms with E-state index in [4.69, 9.17) is 13.9 Å². The van der Waals surface area contributed by atoms with Crippen LogP contribution in [0.25, 0.3) is 0 Å². The first-order valence-corrected chi connectivity index (χ1v) is 6.39. The summed E-state index contributed by atoms with van der Waals surface area (Å²) in [4.78, 5) is 11.9. The number of fused-ring (bicyclic) bond motifs is 1. The number of hydrogen-bond donors (Lipinski definition) is 1. The van der Waals surface area contributed by atoms with Gasteiger partial charge in [0.25, 0.3) is 5.91 Å². The summed E-state index contributed by atoms with van der Waals surface area (Å²) in [5.74, 6) is -0.0797. The topological polar surface area (TPSA) is 60.7 Å². The highest BCUT2D eigenvalue weighted by Crippen LogP contribution is 2.26. The molecule has 2 fully saturated rings. The van der Waals surface area contributed by atoms with E-state index in [9.17, 15) is 4.79 Å². The predicted octanol–water partition coefficient (Wildman–Crippen LogP) is 1.35. The number of hydrogen-bond acceptors (Lipinski definition) is 4. The molecule has 3 rings (SSSR count). The van der Waals surface area contributed by atoms with Gasteiger partial charge in [-0.3, -0.25) is 4.79 Å². The number of rotatable bonds is 2. The van der Waals surface area contributed by atoms with Crippen LogP contribution in [0.1, 0.15) is 29.6 Å². The smallest absolute Gasteiger partial charge is 0.254 e. The molecule has 0 unspecified atom stereocenters. The Morgan fingerprint density at radius 2 is 2.06 bits per heavy atom. The van der Waals surface area contributed by atoms with Crippen LogP contribution in [0.2, 0.25) is 0 Å². The third-order valence-corrected chi connectivity index (χ3v) is 3.60. The normalized spacial score (nSPS) is 31.7. The van der Waals surface area contributed by atoms with E-state index in [0.717, 1.165) is 19.3 Å². The van der Waals surface area contributed by atoms with Gasteiger partial charge in [-0.1, -0.05) is 0 Å². The summed E-state index contributed by atoms with van der Waals surface area (Å²) in [6, 6.07) is 1.83. The average Bonchev–Trinajstić information content (AvgIpc) is 2.92. The summed E-state index contributed by atoms with van der Waals surface area (Å²) in [5.41, 5.74) is 0.568. The Balaban J connectivity index is 1.56. The summed E-state index contributed by atoms with van der Waals surface area (Å²) >= 11 is 0. The highest BCUT2D eigenvalue weighted by Gasteiger charge is 2.34. The van der Waals surface area contributed by atoms with Crippen molar-refractivity contribution in [2.75, 3.05) is 13.2 Å². The molecular formula is C13H17NO4. The Kier molecular flexibility index (Phi) is 3.34. The van der Waals surface area contributed by atoms with Crippen molar-refractivity contribution in [1.82, 2.24) is 5.32 Å². The molecule has 1 aromatic heterocycles. The second-order valence-corrected chi connectivity index (χ2v) is 4.81. The minimum Gasteiger partial charge on any atom is -0.472 e. The van der Waals surface area contributed by atoms with Gasteiger partial charge in [0.05, 0.1) is 37.2 Å². The minimum atomic E-state index is -0.0797. The second-order valence-electron chi connectivity index (χ2n) is 4.81. The van der Waals surface area contributed by atoms with Gasteiger partial charge in [0.15, 0.2) is 0 Å². The van der Waals surface area contributed by atoms with Crippen LogP contribution in [0.4, 0.5) is 0 Å². The third-order valence-electron chi connectivity index (χ3n) is 3.60. The second kappa shape index (κ2) is 5.12.